The average molecular weight is 415 g/mol. The summed E-state index contributed by atoms with van der Waals surface area (Å²) in [6.07, 6.45) is 4.62. The molecule has 0 saturated carbocycles. The Bertz CT molecular complexity index is 576. The number of nitrogens with two attached hydrogens (primary N) is 1. The standard InChI is InChI=1S/C17H24N2.CH2NO.In/c1-3-4-5-10-18-11-13-19(14-12-18)15-17-8-6-16(2)7-9-17;2-1-3;/h5-9H,1,3-4,11-15H2,2H3;(H2,2,3);. The van der Waals surface area contributed by atoms with Crippen LogP contribution in [0.4, 0.5) is 4.79 Å². The van der Waals surface area contributed by atoms with Crippen molar-refractivity contribution in [1.29, 1.82) is 0 Å². The van der Waals surface area contributed by atoms with Crippen LogP contribution >= 0.6 is 0 Å². The van der Waals surface area contributed by atoms with E-state index in [9.17, 15) is 4.79 Å². The molecule has 3 rings (SSSR count). The van der Waals surface area contributed by atoms with Gasteiger partial charge in [-0.3, -0.25) is 0 Å². The monoisotopic (exact) mass is 415 g/mol. The number of hydrogen-bond acceptors (Lipinski definition) is 3. The summed E-state index contributed by atoms with van der Waals surface area (Å²) in [7, 11) is 0. The first-order chi connectivity index (χ1) is 11.1. The normalized spacial score (nSPS) is 19.6. The summed E-state index contributed by atoms with van der Waals surface area (Å²) in [6.45, 7) is 7.37. The van der Waals surface area contributed by atoms with Crippen LogP contribution in [0.3, 0.4) is 0 Å². The molecule has 4 nitrogen and oxygen atoms in total. The molecule has 23 heavy (non-hydrogen) atoms. The van der Waals surface area contributed by atoms with E-state index in [4.69, 9.17) is 5.73 Å². The number of primary amides is 1. The second-order valence-electron chi connectivity index (χ2n) is 6.76. The van der Waals surface area contributed by atoms with Crippen LogP contribution in [0.5, 0.6) is 0 Å². The van der Waals surface area contributed by atoms with Crippen molar-refractivity contribution in [2.75, 3.05) is 26.2 Å². The molecule has 0 atom stereocenters. The summed E-state index contributed by atoms with van der Waals surface area (Å²) in [4.78, 5) is 16.8. The Morgan fingerprint density at radius 2 is 1.87 bits per heavy atom. The van der Waals surface area contributed by atoms with Crippen molar-refractivity contribution >= 4 is 25.1 Å². The Hall–Kier alpha value is -0.940. The molecule has 2 aliphatic heterocycles. The van der Waals surface area contributed by atoms with Gasteiger partial charge in [0.1, 0.15) is 0 Å². The molecule has 2 N–H and O–H groups in total. The van der Waals surface area contributed by atoms with Crippen molar-refractivity contribution in [2.24, 2.45) is 5.73 Å². The van der Waals surface area contributed by atoms with E-state index in [1.165, 1.54) is 21.0 Å². The quantitative estimate of drug-likeness (QED) is 0.823. The van der Waals surface area contributed by atoms with Gasteiger partial charge in [-0.2, -0.15) is 0 Å². The fourth-order valence-corrected chi connectivity index (χ4v) is 11.2. The number of allylic oxidation sites excluding steroid dienone is 1. The van der Waals surface area contributed by atoms with E-state index in [-0.39, 0.29) is 3.66 Å². The Balaban J connectivity index is 1.56. The summed E-state index contributed by atoms with van der Waals surface area (Å²) >= 11 is -2.34. The number of aryl methyl sites for hydroxylation is 1. The molecule has 0 unspecified atom stereocenters. The summed E-state index contributed by atoms with van der Waals surface area (Å²) in [5.41, 5.74) is 8.38. The van der Waals surface area contributed by atoms with Crippen molar-refractivity contribution < 1.29 is 4.79 Å². The Morgan fingerprint density at radius 1 is 1.17 bits per heavy atom. The fraction of sp³-hybridized carbons (Fsp3) is 0.500. The maximum atomic E-state index is 11.8. The molecule has 5 heteroatoms. The predicted octanol–water partition coefficient (Wildman–Crippen LogP) is 2.48. The van der Waals surface area contributed by atoms with Crippen LogP contribution in [0.1, 0.15) is 24.0 Å². The van der Waals surface area contributed by atoms with Gasteiger partial charge in [-0.1, -0.05) is 0 Å². The summed E-state index contributed by atoms with van der Waals surface area (Å²) in [6, 6.07) is 8.82. The van der Waals surface area contributed by atoms with Gasteiger partial charge in [0.15, 0.2) is 0 Å². The van der Waals surface area contributed by atoms with E-state index in [2.05, 4.69) is 47.1 Å². The minimum atomic E-state index is -2.34. The van der Waals surface area contributed by atoms with Crippen LogP contribution in [0, 0.1) is 6.92 Å². The van der Waals surface area contributed by atoms with Gasteiger partial charge in [0, 0.05) is 0 Å². The number of nitrogens with zero attached hydrogens (tertiary/aromatic N) is 2. The van der Waals surface area contributed by atoms with Gasteiger partial charge in [0.25, 0.3) is 0 Å². The van der Waals surface area contributed by atoms with Gasteiger partial charge in [-0.25, -0.2) is 0 Å². The zero-order valence-electron chi connectivity index (χ0n) is 14.0. The number of piperazine rings is 1. The first-order valence-electron chi connectivity index (χ1n) is 8.65. The van der Waals surface area contributed by atoms with Crippen molar-refractivity contribution in [2.45, 2.75) is 30.5 Å². The molecular formula is C18H26InN3O. The molecule has 122 valence electrons. The number of carbonyl (C=O) groups excluding carboxylic acids is 1. The number of hydrogen-bond donors (Lipinski definition) is 1. The van der Waals surface area contributed by atoms with Gasteiger partial charge in [-0.05, 0) is 0 Å². The average Bonchev–Trinajstić information content (AvgIpc) is 2.58. The molecule has 1 amide bonds. The predicted molar refractivity (Wildman–Crippen MR) is 95.5 cm³/mol. The second kappa shape index (κ2) is 7.75. The zero-order valence-corrected chi connectivity index (χ0v) is 17.3. The molecule has 0 spiro atoms. The van der Waals surface area contributed by atoms with Crippen LogP contribution in [-0.2, 0) is 6.54 Å². The molecule has 1 saturated heterocycles. The van der Waals surface area contributed by atoms with Crippen molar-refractivity contribution in [3.8, 4) is 0 Å². The van der Waals surface area contributed by atoms with E-state index < -0.39 is 21.4 Å². The molecule has 2 heterocycles. The van der Waals surface area contributed by atoms with Crippen LogP contribution in [0.25, 0.3) is 0 Å². The molecular weight excluding hydrogens is 389 g/mol. The van der Waals surface area contributed by atoms with Gasteiger partial charge >= 0.3 is 147 Å². The summed E-state index contributed by atoms with van der Waals surface area (Å²) < 4.78 is 2.55. The molecule has 0 bridgehead atoms. The zero-order chi connectivity index (χ0) is 16.2. The third-order valence-electron chi connectivity index (χ3n) is 5.02. The van der Waals surface area contributed by atoms with Gasteiger partial charge in [-0.15, -0.1) is 0 Å². The van der Waals surface area contributed by atoms with Gasteiger partial charge < -0.3 is 0 Å². The SMILES string of the molecule is Cc1ccc(CN2CCN([C]3=CCC[CH2][In]3[C](N)=O)CC2)cc1. The third kappa shape index (κ3) is 4.32. The molecule has 1 fully saturated rings. The van der Waals surface area contributed by atoms with Crippen LogP contribution in [0.2, 0.25) is 4.18 Å². The Morgan fingerprint density at radius 3 is 2.52 bits per heavy atom. The molecule has 0 aliphatic carbocycles. The van der Waals surface area contributed by atoms with Gasteiger partial charge in [0.2, 0.25) is 0 Å². The third-order valence-corrected chi connectivity index (χ3v) is 13.5. The van der Waals surface area contributed by atoms with Crippen LogP contribution in [-0.4, -0.2) is 61.1 Å². The van der Waals surface area contributed by atoms with Crippen molar-refractivity contribution in [3.63, 3.8) is 0 Å². The van der Waals surface area contributed by atoms with E-state index in [1.54, 1.807) is 0 Å². The Labute approximate surface area is 146 Å². The number of rotatable bonds is 4. The first-order valence-corrected chi connectivity index (χ1v) is 14.3. The van der Waals surface area contributed by atoms with Crippen LogP contribution in [0.15, 0.2) is 33.8 Å². The van der Waals surface area contributed by atoms with E-state index in [1.807, 2.05) is 0 Å². The van der Waals surface area contributed by atoms with E-state index >= 15 is 0 Å². The fourth-order valence-electron chi connectivity index (χ4n) is 3.62. The molecule has 2 aliphatic rings. The molecule has 0 aromatic heterocycles. The first kappa shape index (κ1) is 16.9. The van der Waals surface area contributed by atoms with Crippen molar-refractivity contribution in [3.05, 3.63) is 44.9 Å². The summed E-state index contributed by atoms with van der Waals surface area (Å²) in [5, 5.41) is 0. The van der Waals surface area contributed by atoms with E-state index in [0.717, 1.165) is 43.3 Å². The number of benzene rings is 1. The minimum absolute atomic E-state index is 0.0415. The molecule has 1 aromatic rings. The topological polar surface area (TPSA) is 49.6 Å². The Kier molecular flexibility index (Phi) is 5.70. The van der Waals surface area contributed by atoms with Crippen molar-refractivity contribution in [1.82, 2.24) is 9.80 Å². The molecule has 1 aromatic carbocycles. The van der Waals surface area contributed by atoms with Gasteiger partial charge in [0.05, 0.1) is 0 Å². The summed E-state index contributed by atoms with van der Waals surface area (Å²) in [5.74, 6) is 0. The van der Waals surface area contributed by atoms with E-state index in [0.29, 0.717) is 0 Å². The number of amides is 1. The van der Waals surface area contributed by atoms with Crippen LogP contribution < -0.4 is 5.73 Å². The molecule has 0 radical (unpaired) electrons. The maximum absolute atomic E-state index is 11.8. The number of carbonyl (C=O) groups is 1. The second-order valence-corrected chi connectivity index (χ2v) is 14.9.